The summed E-state index contributed by atoms with van der Waals surface area (Å²) in [7, 11) is 0. The van der Waals surface area contributed by atoms with Crippen molar-refractivity contribution in [3.8, 4) is 0 Å². The summed E-state index contributed by atoms with van der Waals surface area (Å²) in [4.78, 5) is 45.1. The van der Waals surface area contributed by atoms with Gasteiger partial charge in [-0.05, 0) is 43.5 Å². The average molecular weight is 487 g/mol. The Hall–Kier alpha value is -2.49. The Kier molecular flexibility index (Phi) is 7.22. The van der Waals surface area contributed by atoms with Crippen molar-refractivity contribution in [1.82, 2.24) is 15.1 Å². The summed E-state index contributed by atoms with van der Waals surface area (Å²) in [5.74, 6) is -0.945. The largest absolute Gasteiger partial charge is 0.388 e. The van der Waals surface area contributed by atoms with Crippen LogP contribution in [0.4, 0.5) is 5.69 Å². The lowest BCUT2D eigenvalue weighted by molar-refractivity contribution is -0.140. The first-order chi connectivity index (χ1) is 16.5. The molecule has 1 aromatic carbocycles. The van der Waals surface area contributed by atoms with Crippen LogP contribution >= 0.6 is 0 Å². The fourth-order valence-electron chi connectivity index (χ4n) is 5.21. The van der Waals surface area contributed by atoms with Gasteiger partial charge in [0.2, 0.25) is 5.91 Å². The van der Waals surface area contributed by atoms with E-state index >= 15 is 0 Å². The third-order valence-corrected chi connectivity index (χ3v) is 7.37. The number of ether oxygens (including phenoxy) is 1. The first-order valence-corrected chi connectivity index (χ1v) is 12.5. The van der Waals surface area contributed by atoms with Crippen LogP contribution in [-0.2, 0) is 14.3 Å². The molecule has 3 fully saturated rings. The van der Waals surface area contributed by atoms with Crippen LogP contribution in [0.25, 0.3) is 0 Å². The maximum absolute atomic E-state index is 13.5. The van der Waals surface area contributed by atoms with Crippen LogP contribution in [0.15, 0.2) is 24.3 Å². The van der Waals surface area contributed by atoms with Crippen LogP contribution in [0.2, 0.25) is 0 Å². The summed E-state index contributed by atoms with van der Waals surface area (Å²) in [6, 6.07) is 6.35. The number of nitrogens with one attached hydrogen (secondary N) is 1. The van der Waals surface area contributed by atoms with Gasteiger partial charge >= 0.3 is 0 Å². The zero-order valence-electron chi connectivity index (χ0n) is 21.4. The predicted molar refractivity (Wildman–Crippen MR) is 132 cm³/mol. The Morgan fingerprint density at radius 1 is 1.09 bits per heavy atom. The van der Waals surface area contributed by atoms with Crippen molar-refractivity contribution in [3.05, 3.63) is 29.8 Å². The molecule has 4 rings (SSSR count). The van der Waals surface area contributed by atoms with Gasteiger partial charge in [-0.2, -0.15) is 0 Å². The molecule has 4 atom stereocenters. The Morgan fingerprint density at radius 3 is 2.29 bits per heavy atom. The van der Waals surface area contributed by atoms with E-state index < -0.39 is 29.7 Å². The topological polar surface area (TPSA) is 102 Å². The number of amides is 2. The summed E-state index contributed by atoms with van der Waals surface area (Å²) >= 11 is 0. The number of piperazine rings is 1. The molecule has 9 heteroatoms. The molecular formula is C26H38N4O5. The van der Waals surface area contributed by atoms with E-state index in [0.717, 1.165) is 31.9 Å². The molecule has 0 radical (unpaired) electrons. The molecule has 9 nitrogen and oxygen atoms in total. The van der Waals surface area contributed by atoms with Gasteiger partial charge in [-0.1, -0.05) is 20.8 Å². The molecule has 0 unspecified atom stereocenters. The summed E-state index contributed by atoms with van der Waals surface area (Å²) < 4.78 is 5.39. The molecule has 3 heterocycles. The van der Waals surface area contributed by atoms with E-state index in [9.17, 15) is 19.5 Å². The van der Waals surface area contributed by atoms with Gasteiger partial charge < -0.3 is 25.0 Å². The molecule has 0 bridgehead atoms. The third-order valence-electron chi connectivity index (χ3n) is 7.37. The fourth-order valence-corrected chi connectivity index (χ4v) is 5.21. The van der Waals surface area contributed by atoms with E-state index in [1.54, 1.807) is 12.1 Å². The number of rotatable bonds is 5. The molecule has 0 aliphatic carbocycles. The summed E-state index contributed by atoms with van der Waals surface area (Å²) in [5, 5.41) is 13.2. The normalized spacial score (nSPS) is 26.3. The first kappa shape index (κ1) is 25.6. The summed E-state index contributed by atoms with van der Waals surface area (Å²) in [6.07, 6.45) is -1.61. The van der Waals surface area contributed by atoms with Gasteiger partial charge in [-0.3, -0.25) is 19.3 Å². The molecule has 3 saturated heterocycles. The number of aliphatic hydroxyl groups excluding tert-OH is 1. The van der Waals surface area contributed by atoms with E-state index in [4.69, 9.17) is 4.74 Å². The second-order valence-corrected chi connectivity index (χ2v) is 11.2. The zero-order valence-corrected chi connectivity index (χ0v) is 21.4. The van der Waals surface area contributed by atoms with E-state index in [-0.39, 0.29) is 30.7 Å². The second kappa shape index (κ2) is 9.87. The van der Waals surface area contributed by atoms with E-state index in [0.29, 0.717) is 11.6 Å². The van der Waals surface area contributed by atoms with Crippen LogP contribution in [0, 0.1) is 5.41 Å². The van der Waals surface area contributed by atoms with Crippen molar-refractivity contribution in [2.75, 3.05) is 44.2 Å². The van der Waals surface area contributed by atoms with Crippen molar-refractivity contribution >= 4 is 23.3 Å². The number of fused-ring (bicyclic) bond motifs is 1. The number of aliphatic hydroxyl groups is 1. The average Bonchev–Trinajstić information content (AvgIpc) is 3.36. The van der Waals surface area contributed by atoms with Gasteiger partial charge in [0, 0.05) is 43.5 Å². The highest BCUT2D eigenvalue weighted by Gasteiger charge is 2.53. The van der Waals surface area contributed by atoms with Crippen LogP contribution < -0.4 is 10.2 Å². The summed E-state index contributed by atoms with van der Waals surface area (Å²) in [6.45, 7) is 13.8. The number of β-amino-alcohol motifs (C(OH)–C–C–N with tert-alkyl or cyclic N) is 1. The minimum atomic E-state index is -0.915. The highest BCUT2D eigenvalue weighted by molar-refractivity contribution is 5.99. The molecular weight excluding hydrogens is 448 g/mol. The highest BCUT2D eigenvalue weighted by atomic mass is 16.5. The molecule has 3 aliphatic rings. The number of likely N-dealkylation sites (tertiary alicyclic amines) is 1. The second-order valence-electron chi connectivity index (χ2n) is 11.2. The van der Waals surface area contributed by atoms with Crippen molar-refractivity contribution < 1.29 is 24.2 Å². The predicted octanol–water partition coefficient (Wildman–Crippen LogP) is 0.901. The number of carbonyl (C=O) groups is 3. The quantitative estimate of drug-likeness (QED) is 0.638. The fraction of sp³-hybridized carbons (Fsp3) is 0.654. The Bertz CT molecular complexity index is 949. The molecule has 2 amide bonds. The van der Waals surface area contributed by atoms with Gasteiger partial charge in [0.1, 0.15) is 30.9 Å². The first-order valence-electron chi connectivity index (χ1n) is 12.5. The SMILES string of the molecule is CC(C)N1CCN(c2ccc(C(=O)N[C@H](C(=O)N3C[C@H](O)[C@H]4OCC(=O)[C@H]43)C(C)(C)C)cc2)CC1. The van der Waals surface area contributed by atoms with Gasteiger partial charge in [0.25, 0.3) is 5.91 Å². The Labute approximate surface area is 207 Å². The van der Waals surface area contributed by atoms with Crippen LogP contribution in [0.1, 0.15) is 45.0 Å². The molecule has 0 saturated carbocycles. The van der Waals surface area contributed by atoms with Crippen molar-refractivity contribution in [1.29, 1.82) is 0 Å². The van der Waals surface area contributed by atoms with Gasteiger partial charge in [-0.15, -0.1) is 0 Å². The minimum Gasteiger partial charge on any atom is -0.388 e. The lowest BCUT2D eigenvalue weighted by atomic mass is 9.85. The number of Topliss-reactive ketones (excluding diaryl/α,β-unsaturated/α-hetero) is 1. The monoisotopic (exact) mass is 486 g/mol. The molecule has 2 N–H and O–H groups in total. The number of nitrogens with zero attached hydrogens (tertiary/aromatic N) is 3. The zero-order chi connectivity index (χ0) is 25.5. The maximum Gasteiger partial charge on any atom is 0.251 e. The number of anilines is 1. The lowest BCUT2D eigenvalue weighted by Crippen LogP contribution is -2.57. The smallest absolute Gasteiger partial charge is 0.251 e. The molecule has 192 valence electrons. The van der Waals surface area contributed by atoms with Crippen molar-refractivity contribution in [3.63, 3.8) is 0 Å². The van der Waals surface area contributed by atoms with Crippen LogP contribution in [0.5, 0.6) is 0 Å². The molecule has 1 aromatic rings. The number of ketones is 1. The van der Waals surface area contributed by atoms with Crippen molar-refractivity contribution in [2.24, 2.45) is 5.41 Å². The third kappa shape index (κ3) is 5.22. The number of hydrogen-bond donors (Lipinski definition) is 2. The highest BCUT2D eigenvalue weighted by Crippen LogP contribution is 2.31. The number of carbonyl (C=O) groups excluding carboxylic acids is 3. The Morgan fingerprint density at radius 2 is 1.71 bits per heavy atom. The van der Waals surface area contributed by atoms with Crippen molar-refractivity contribution in [2.45, 2.75) is 65.0 Å². The molecule has 0 aromatic heterocycles. The molecule has 3 aliphatic heterocycles. The van der Waals surface area contributed by atoms with Gasteiger partial charge in [0.05, 0.1) is 6.54 Å². The molecule has 35 heavy (non-hydrogen) atoms. The van der Waals surface area contributed by atoms with E-state index in [1.807, 2.05) is 32.9 Å². The van der Waals surface area contributed by atoms with Crippen LogP contribution in [0.3, 0.4) is 0 Å². The van der Waals surface area contributed by atoms with E-state index in [1.165, 1.54) is 4.90 Å². The van der Waals surface area contributed by atoms with Gasteiger partial charge in [-0.25, -0.2) is 0 Å². The minimum absolute atomic E-state index is 0.0150. The van der Waals surface area contributed by atoms with E-state index in [2.05, 4.69) is 29.0 Å². The lowest BCUT2D eigenvalue weighted by Gasteiger charge is -2.38. The van der Waals surface area contributed by atoms with Crippen LogP contribution in [-0.4, -0.2) is 102 Å². The maximum atomic E-state index is 13.5. The standard InChI is InChI=1S/C26H38N4O5/c1-16(2)28-10-12-29(13-11-28)18-8-6-17(7-9-18)24(33)27-23(26(3,4)5)25(34)30-14-19(31)22-21(30)20(32)15-35-22/h6-9,16,19,21-23,31H,10-15H2,1-5H3,(H,27,33)/t19-,21+,22+,23+/m0/s1. The number of hydrogen-bond acceptors (Lipinski definition) is 7. The van der Waals surface area contributed by atoms with Gasteiger partial charge in [0.15, 0.2) is 5.78 Å². The molecule has 0 spiro atoms. The number of benzene rings is 1. The summed E-state index contributed by atoms with van der Waals surface area (Å²) in [5.41, 5.74) is 0.940. The Balaban J connectivity index is 1.44.